The summed E-state index contributed by atoms with van der Waals surface area (Å²) < 4.78 is 21.7. The first-order valence-corrected chi connectivity index (χ1v) is 11.2. The fraction of sp³-hybridized carbons (Fsp3) is 0.240. The molecule has 4 aromatic rings. The van der Waals surface area contributed by atoms with Crippen LogP contribution in [0.25, 0.3) is 22.2 Å². The second-order valence-corrected chi connectivity index (χ2v) is 8.23. The van der Waals surface area contributed by atoms with Gasteiger partial charge >= 0.3 is 5.97 Å². The molecule has 0 aliphatic carbocycles. The minimum atomic E-state index is -1.05. The number of halogens is 2. The van der Waals surface area contributed by atoms with E-state index in [9.17, 15) is 14.3 Å². The van der Waals surface area contributed by atoms with Gasteiger partial charge in [-0.2, -0.15) is 0 Å². The van der Waals surface area contributed by atoms with Gasteiger partial charge in [0.15, 0.2) is 0 Å². The van der Waals surface area contributed by atoms with Crippen molar-refractivity contribution in [1.82, 2.24) is 14.5 Å². The predicted octanol–water partition coefficient (Wildman–Crippen LogP) is 5.72. The summed E-state index contributed by atoms with van der Waals surface area (Å²) in [5.74, 6) is -0.592. The second kappa shape index (κ2) is 9.69. The molecule has 0 saturated carbocycles. The topological polar surface area (TPSA) is 89.3 Å². The van der Waals surface area contributed by atoms with Crippen LogP contribution in [0.4, 0.5) is 10.2 Å². The molecule has 0 saturated heterocycles. The van der Waals surface area contributed by atoms with Crippen molar-refractivity contribution in [3.8, 4) is 17.0 Å². The van der Waals surface area contributed by atoms with Crippen LogP contribution < -0.4 is 10.1 Å². The minimum absolute atomic E-state index is 0.0951. The van der Waals surface area contributed by atoms with Gasteiger partial charge in [0.1, 0.15) is 34.3 Å². The van der Waals surface area contributed by atoms with Gasteiger partial charge in [-0.3, -0.25) is 0 Å². The van der Waals surface area contributed by atoms with Gasteiger partial charge in [-0.1, -0.05) is 17.7 Å². The van der Waals surface area contributed by atoms with Crippen LogP contribution >= 0.6 is 11.6 Å². The van der Waals surface area contributed by atoms with E-state index in [1.54, 1.807) is 25.1 Å². The molecule has 2 N–H and O–H groups in total. The first-order valence-electron chi connectivity index (χ1n) is 10.8. The number of nitrogens with zero attached hydrogens (tertiary/aromatic N) is 3. The highest BCUT2D eigenvalue weighted by molar-refractivity contribution is 6.35. The quantitative estimate of drug-likeness (QED) is 0.334. The Kier molecular flexibility index (Phi) is 6.70. The first-order chi connectivity index (χ1) is 16.3. The maximum atomic E-state index is 14.2. The smallest absolute Gasteiger partial charge is 0.339 e. The van der Waals surface area contributed by atoms with E-state index in [1.807, 2.05) is 24.5 Å². The van der Waals surface area contributed by atoms with Gasteiger partial charge in [-0.05, 0) is 50.6 Å². The number of carbonyl (C=O) groups is 1. The van der Waals surface area contributed by atoms with Crippen LogP contribution in [0.15, 0.2) is 42.7 Å². The Balaban J connectivity index is 1.54. The summed E-state index contributed by atoms with van der Waals surface area (Å²) in [7, 11) is 0. The van der Waals surface area contributed by atoms with E-state index in [0.717, 1.165) is 16.6 Å². The highest BCUT2D eigenvalue weighted by atomic mass is 35.5. The Bertz CT molecular complexity index is 1390. The van der Waals surface area contributed by atoms with Crippen molar-refractivity contribution in [2.45, 2.75) is 27.3 Å². The number of carboxylic acid groups (broad SMARTS) is 1. The lowest BCUT2D eigenvalue weighted by molar-refractivity contribution is 0.0692. The third kappa shape index (κ3) is 4.54. The average molecular weight is 483 g/mol. The monoisotopic (exact) mass is 482 g/mol. The molecule has 0 amide bonds. The molecule has 0 radical (unpaired) electrons. The molecule has 0 spiro atoms. The van der Waals surface area contributed by atoms with E-state index < -0.39 is 11.8 Å². The van der Waals surface area contributed by atoms with E-state index >= 15 is 0 Å². The third-order valence-corrected chi connectivity index (χ3v) is 5.97. The van der Waals surface area contributed by atoms with Crippen molar-refractivity contribution in [2.24, 2.45) is 0 Å². The summed E-state index contributed by atoms with van der Waals surface area (Å²) in [5, 5.41) is 13.7. The second-order valence-electron chi connectivity index (χ2n) is 7.85. The zero-order chi connectivity index (χ0) is 24.4. The lowest BCUT2D eigenvalue weighted by Gasteiger charge is -2.13. The number of aryl methyl sites for hydroxylation is 2. The van der Waals surface area contributed by atoms with Crippen molar-refractivity contribution in [2.75, 3.05) is 18.5 Å². The summed E-state index contributed by atoms with van der Waals surface area (Å²) in [4.78, 5) is 20.0. The number of hydrogen-bond donors (Lipinski definition) is 2. The van der Waals surface area contributed by atoms with E-state index in [-0.39, 0.29) is 16.3 Å². The summed E-state index contributed by atoms with van der Waals surface area (Å²) >= 11 is 6.28. The number of anilines is 1. The summed E-state index contributed by atoms with van der Waals surface area (Å²) in [6.45, 7) is 7.05. The molecule has 7 nitrogen and oxygen atoms in total. The van der Waals surface area contributed by atoms with Crippen molar-refractivity contribution < 1.29 is 19.0 Å². The summed E-state index contributed by atoms with van der Waals surface area (Å²) in [6.07, 6.45) is 1.44. The van der Waals surface area contributed by atoms with E-state index in [2.05, 4.69) is 15.3 Å². The van der Waals surface area contributed by atoms with Gasteiger partial charge in [0.05, 0.1) is 17.8 Å². The number of aromatic carboxylic acids is 1. The van der Waals surface area contributed by atoms with Crippen LogP contribution in [0.1, 0.15) is 28.5 Å². The van der Waals surface area contributed by atoms with Gasteiger partial charge < -0.3 is 19.7 Å². The molecule has 4 rings (SSSR count). The lowest BCUT2D eigenvalue weighted by Crippen LogP contribution is -2.12. The number of aromatic nitrogens is 3. The Morgan fingerprint density at radius 2 is 2.00 bits per heavy atom. The molecule has 2 aromatic carbocycles. The van der Waals surface area contributed by atoms with E-state index in [4.69, 9.17) is 16.3 Å². The largest absolute Gasteiger partial charge is 0.493 e. The van der Waals surface area contributed by atoms with Gasteiger partial charge in [0, 0.05) is 35.8 Å². The third-order valence-electron chi connectivity index (χ3n) is 5.61. The molecule has 0 aliphatic rings. The molecule has 0 fully saturated rings. The molecule has 176 valence electrons. The summed E-state index contributed by atoms with van der Waals surface area (Å²) in [6, 6.07) is 10.1. The number of rotatable bonds is 8. The van der Waals surface area contributed by atoms with Crippen molar-refractivity contribution >= 4 is 34.3 Å². The Labute approximate surface area is 201 Å². The van der Waals surface area contributed by atoms with Crippen LogP contribution in [-0.4, -0.2) is 38.8 Å². The predicted molar refractivity (Wildman–Crippen MR) is 130 cm³/mol. The maximum absolute atomic E-state index is 14.2. The molecule has 0 unspecified atom stereocenters. The molecule has 9 heteroatoms. The number of ether oxygens (including phenoxy) is 1. The molecule has 0 aliphatic heterocycles. The lowest BCUT2D eigenvalue weighted by atomic mass is 10.1. The number of fused-ring (bicyclic) bond motifs is 1. The molecular weight excluding hydrogens is 459 g/mol. The Hall–Kier alpha value is -3.65. The van der Waals surface area contributed by atoms with Crippen molar-refractivity contribution in [1.29, 1.82) is 0 Å². The number of benzene rings is 2. The molecule has 34 heavy (non-hydrogen) atoms. The molecule has 2 aromatic heterocycles. The molecule has 0 atom stereocenters. The van der Waals surface area contributed by atoms with E-state index in [0.29, 0.717) is 42.3 Å². The fourth-order valence-corrected chi connectivity index (χ4v) is 4.25. The van der Waals surface area contributed by atoms with Gasteiger partial charge in [0.25, 0.3) is 0 Å². The molecular formula is C25H24ClFN4O3. The number of hydrogen-bond acceptors (Lipinski definition) is 5. The van der Waals surface area contributed by atoms with Crippen LogP contribution in [0.3, 0.4) is 0 Å². The first kappa shape index (κ1) is 23.5. The Morgan fingerprint density at radius 3 is 2.74 bits per heavy atom. The summed E-state index contributed by atoms with van der Waals surface area (Å²) in [5.41, 5.74) is 3.94. The van der Waals surface area contributed by atoms with Crippen LogP contribution in [0, 0.1) is 19.7 Å². The standard InChI is InChI=1S/C25H24ClFN4O3/c1-4-34-21-11-16(5-6-17(21)25(32)33)20-12-22(30-13-29-20)28-7-8-31-15(3)10-18-14(2)9-19(27)23(26)24(18)31/h5-6,9-13H,4,7-8H2,1-3H3,(H,32,33)(H,28,29,30). The zero-order valence-electron chi connectivity index (χ0n) is 19.0. The molecule has 2 heterocycles. The van der Waals surface area contributed by atoms with Crippen molar-refractivity contribution in [3.05, 3.63) is 70.4 Å². The van der Waals surface area contributed by atoms with Gasteiger partial charge in [0.2, 0.25) is 0 Å². The van der Waals surface area contributed by atoms with Crippen LogP contribution in [0.2, 0.25) is 5.02 Å². The van der Waals surface area contributed by atoms with Crippen LogP contribution in [0.5, 0.6) is 5.75 Å². The van der Waals surface area contributed by atoms with Gasteiger partial charge in [-0.15, -0.1) is 0 Å². The Morgan fingerprint density at radius 1 is 1.21 bits per heavy atom. The highest BCUT2D eigenvalue weighted by Crippen LogP contribution is 2.32. The van der Waals surface area contributed by atoms with Crippen LogP contribution in [-0.2, 0) is 6.54 Å². The molecule has 0 bridgehead atoms. The fourth-order valence-electron chi connectivity index (χ4n) is 3.99. The number of carboxylic acids is 1. The maximum Gasteiger partial charge on any atom is 0.339 e. The van der Waals surface area contributed by atoms with E-state index in [1.165, 1.54) is 18.5 Å². The van der Waals surface area contributed by atoms with Gasteiger partial charge in [-0.25, -0.2) is 19.2 Å². The zero-order valence-corrected chi connectivity index (χ0v) is 19.8. The normalized spacial score (nSPS) is 11.1. The SMILES string of the molecule is CCOc1cc(-c2cc(NCCn3c(C)cc4c(C)cc(F)c(Cl)c43)ncn2)ccc1C(=O)O. The van der Waals surface area contributed by atoms with Crippen molar-refractivity contribution in [3.63, 3.8) is 0 Å². The number of nitrogens with one attached hydrogen (secondary N) is 1. The minimum Gasteiger partial charge on any atom is -0.493 e. The average Bonchev–Trinajstić information content (AvgIpc) is 3.14. The highest BCUT2D eigenvalue weighted by Gasteiger charge is 2.16.